The second kappa shape index (κ2) is 4.81. The minimum atomic E-state index is 0.270. The zero-order valence-corrected chi connectivity index (χ0v) is 10.1. The van der Waals surface area contributed by atoms with Gasteiger partial charge in [0.2, 0.25) is 0 Å². The van der Waals surface area contributed by atoms with Crippen LogP contribution in [0, 0.1) is 0 Å². The summed E-state index contributed by atoms with van der Waals surface area (Å²) >= 11 is 0. The van der Waals surface area contributed by atoms with Crippen LogP contribution in [0.15, 0.2) is 16.8 Å². The number of nitrogen functional groups attached to an aromatic ring is 1. The van der Waals surface area contributed by atoms with Crippen molar-refractivity contribution >= 4 is 22.4 Å². The molecule has 1 aromatic carbocycles. The molecule has 3 N–H and O–H groups in total. The second-order valence-electron chi connectivity index (χ2n) is 4.53. The van der Waals surface area contributed by atoms with Gasteiger partial charge in [-0.2, -0.15) is 0 Å². The van der Waals surface area contributed by atoms with Crippen molar-refractivity contribution in [2.24, 2.45) is 0 Å². The van der Waals surface area contributed by atoms with Crippen molar-refractivity contribution in [3.8, 4) is 0 Å². The summed E-state index contributed by atoms with van der Waals surface area (Å²) in [7, 11) is 0. The zero-order chi connectivity index (χ0) is 12.4. The van der Waals surface area contributed by atoms with Gasteiger partial charge in [-0.3, -0.25) is 0 Å². The minimum Gasteiger partial charge on any atom is -0.397 e. The monoisotopic (exact) mass is 248 g/mol. The van der Waals surface area contributed by atoms with Crippen molar-refractivity contribution in [3.63, 3.8) is 0 Å². The number of nitrogens with one attached hydrogen (secondary N) is 1. The van der Waals surface area contributed by atoms with Crippen LogP contribution >= 0.6 is 0 Å². The molecule has 0 radical (unpaired) electrons. The molecule has 1 aliphatic heterocycles. The molecule has 1 saturated heterocycles. The molecule has 1 fully saturated rings. The maximum Gasteiger partial charge on any atom is 0.160 e. The second-order valence-corrected chi connectivity index (χ2v) is 4.53. The molecule has 3 rings (SSSR count). The topological polar surface area (TPSA) is 86.2 Å². The van der Waals surface area contributed by atoms with Gasteiger partial charge >= 0.3 is 0 Å². The molecule has 1 aromatic heterocycles. The Kier molecular flexibility index (Phi) is 3.02. The molecule has 0 aliphatic carbocycles. The van der Waals surface area contributed by atoms with Crippen LogP contribution in [0.2, 0.25) is 0 Å². The van der Waals surface area contributed by atoms with Crippen LogP contribution in [-0.2, 0) is 4.74 Å². The molecule has 2 heterocycles. The van der Waals surface area contributed by atoms with Gasteiger partial charge in [-0.1, -0.05) is 0 Å². The van der Waals surface area contributed by atoms with Gasteiger partial charge in [-0.15, -0.1) is 0 Å². The number of benzene rings is 1. The molecule has 2 aromatic rings. The lowest BCUT2D eigenvalue weighted by molar-refractivity contribution is 0.0248. The first kappa shape index (κ1) is 11.3. The summed E-state index contributed by atoms with van der Waals surface area (Å²) in [6, 6.07) is 3.70. The molecule has 1 atom stereocenters. The van der Waals surface area contributed by atoms with E-state index in [0.29, 0.717) is 16.7 Å². The van der Waals surface area contributed by atoms with Crippen LogP contribution in [0.25, 0.3) is 11.0 Å². The number of hydrogen-bond donors (Lipinski definition) is 2. The lowest BCUT2D eigenvalue weighted by Gasteiger charge is -2.23. The van der Waals surface area contributed by atoms with Crippen molar-refractivity contribution in [2.45, 2.75) is 25.4 Å². The van der Waals surface area contributed by atoms with Gasteiger partial charge in [0.1, 0.15) is 0 Å². The van der Waals surface area contributed by atoms with E-state index in [0.717, 1.165) is 31.7 Å². The van der Waals surface area contributed by atoms with Crippen LogP contribution in [0.3, 0.4) is 0 Å². The van der Waals surface area contributed by atoms with E-state index in [9.17, 15) is 0 Å². The summed E-state index contributed by atoms with van der Waals surface area (Å²) in [6.45, 7) is 1.63. The van der Waals surface area contributed by atoms with Gasteiger partial charge in [0.15, 0.2) is 11.0 Å². The SMILES string of the molecule is Nc1ccc(NCC2CCCCO2)c2nonc12. The van der Waals surface area contributed by atoms with Crippen LogP contribution in [0.5, 0.6) is 0 Å². The predicted molar refractivity (Wildman–Crippen MR) is 68.3 cm³/mol. The molecule has 0 bridgehead atoms. The van der Waals surface area contributed by atoms with Crippen LogP contribution < -0.4 is 11.1 Å². The van der Waals surface area contributed by atoms with Crippen molar-refractivity contribution in [1.82, 2.24) is 10.3 Å². The minimum absolute atomic E-state index is 0.270. The van der Waals surface area contributed by atoms with Crippen molar-refractivity contribution in [1.29, 1.82) is 0 Å². The van der Waals surface area contributed by atoms with Crippen LogP contribution in [-0.4, -0.2) is 29.6 Å². The lowest BCUT2D eigenvalue weighted by Crippen LogP contribution is -2.27. The summed E-state index contributed by atoms with van der Waals surface area (Å²) in [5, 5.41) is 11.0. The van der Waals surface area contributed by atoms with Gasteiger partial charge in [-0.05, 0) is 41.7 Å². The molecule has 1 unspecified atom stereocenters. The fraction of sp³-hybridized carbons (Fsp3) is 0.500. The molecular formula is C12H16N4O2. The van der Waals surface area contributed by atoms with Gasteiger partial charge in [-0.25, -0.2) is 4.63 Å². The Hall–Kier alpha value is -1.82. The zero-order valence-electron chi connectivity index (χ0n) is 10.1. The maximum atomic E-state index is 5.79. The third-order valence-corrected chi connectivity index (χ3v) is 3.24. The maximum absolute atomic E-state index is 5.79. The summed E-state index contributed by atoms with van der Waals surface area (Å²) in [4.78, 5) is 0. The molecule has 6 nitrogen and oxygen atoms in total. The summed E-state index contributed by atoms with van der Waals surface area (Å²) < 4.78 is 10.4. The third-order valence-electron chi connectivity index (χ3n) is 3.24. The molecule has 6 heteroatoms. The summed E-state index contributed by atoms with van der Waals surface area (Å²) in [5.74, 6) is 0. The number of nitrogens with two attached hydrogens (primary N) is 1. The molecule has 0 saturated carbocycles. The molecule has 0 spiro atoms. The number of ether oxygens (including phenoxy) is 1. The Bertz CT molecular complexity index is 534. The fourth-order valence-electron chi connectivity index (χ4n) is 2.22. The molecule has 0 amide bonds. The highest BCUT2D eigenvalue weighted by atomic mass is 16.6. The number of nitrogens with zero attached hydrogens (tertiary/aromatic N) is 2. The van der Waals surface area contributed by atoms with Crippen molar-refractivity contribution < 1.29 is 9.37 Å². The average Bonchev–Trinajstić information content (AvgIpc) is 2.90. The van der Waals surface area contributed by atoms with E-state index in [4.69, 9.17) is 15.1 Å². The quantitative estimate of drug-likeness (QED) is 0.805. The highest BCUT2D eigenvalue weighted by molar-refractivity contribution is 5.94. The standard InChI is InChI=1S/C12H16N4O2/c13-9-4-5-10(12-11(9)15-18-16-12)14-7-8-3-1-2-6-17-8/h4-5,8,14H,1-3,6-7,13H2. The van der Waals surface area contributed by atoms with Crippen molar-refractivity contribution in [2.75, 3.05) is 24.2 Å². The van der Waals surface area contributed by atoms with Gasteiger partial charge in [0, 0.05) is 13.2 Å². The van der Waals surface area contributed by atoms with E-state index in [1.165, 1.54) is 6.42 Å². The number of aromatic nitrogens is 2. The lowest BCUT2D eigenvalue weighted by atomic mass is 10.1. The number of fused-ring (bicyclic) bond motifs is 1. The first-order valence-corrected chi connectivity index (χ1v) is 6.21. The molecule has 1 aliphatic rings. The van der Waals surface area contributed by atoms with Gasteiger partial charge in [0.05, 0.1) is 17.5 Å². The van der Waals surface area contributed by atoms with Crippen LogP contribution in [0.1, 0.15) is 19.3 Å². The Morgan fingerprint density at radius 1 is 1.28 bits per heavy atom. The van der Waals surface area contributed by atoms with E-state index in [1.807, 2.05) is 6.07 Å². The average molecular weight is 248 g/mol. The predicted octanol–water partition coefficient (Wildman–Crippen LogP) is 1.79. The third kappa shape index (κ3) is 2.11. The van der Waals surface area contributed by atoms with Crippen molar-refractivity contribution in [3.05, 3.63) is 12.1 Å². The molecule has 18 heavy (non-hydrogen) atoms. The number of anilines is 2. The summed E-state index contributed by atoms with van der Waals surface area (Å²) in [5.41, 5.74) is 8.53. The molecule has 96 valence electrons. The largest absolute Gasteiger partial charge is 0.397 e. The molecular weight excluding hydrogens is 232 g/mol. The smallest absolute Gasteiger partial charge is 0.160 e. The first-order valence-electron chi connectivity index (χ1n) is 6.21. The van der Waals surface area contributed by atoms with E-state index in [2.05, 4.69) is 15.6 Å². The van der Waals surface area contributed by atoms with Gasteiger partial charge in [0.25, 0.3) is 0 Å². The number of rotatable bonds is 3. The Morgan fingerprint density at radius 3 is 3.00 bits per heavy atom. The first-order chi connectivity index (χ1) is 8.84. The van der Waals surface area contributed by atoms with E-state index in [-0.39, 0.29) is 6.10 Å². The Labute approximate surface area is 104 Å². The van der Waals surface area contributed by atoms with Gasteiger partial charge < -0.3 is 15.8 Å². The highest BCUT2D eigenvalue weighted by Gasteiger charge is 2.15. The Balaban J connectivity index is 1.74. The van der Waals surface area contributed by atoms with E-state index < -0.39 is 0 Å². The van der Waals surface area contributed by atoms with Crippen LogP contribution in [0.4, 0.5) is 11.4 Å². The Morgan fingerprint density at radius 2 is 2.17 bits per heavy atom. The number of hydrogen-bond acceptors (Lipinski definition) is 6. The van der Waals surface area contributed by atoms with E-state index >= 15 is 0 Å². The summed E-state index contributed by atoms with van der Waals surface area (Å²) in [6.07, 6.45) is 3.76. The normalized spacial score (nSPS) is 20.1. The fourth-order valence-corrected chi connectivity index (χ4v) is 2.22. The highest BCUT2D eigenvalue weighted by Crippen LogP contribution is 2.25. The van der Waals surface area contributed by atoms with E-state index in [1.54, 1.807) is 6.07 Å².